The predicted molar refractivity (Wildman–Crippen MR) is 158 cm³/mol. The minimum atomic E-state index is -1.52. The normalized spacial score (nSPS) is 48.7. The van der Waals surface area contributed by atoms with Crippen molar-refractivity contribution in [1.82, 2.24) is 0 Å². The Labute approximate surface area is 259 Å². The van der Waals surface area contributed by atoms with E-state index in [2.05, 4.69) is 20.4 Å². The molecule has 0 unspecified atom stereocenters. The van der Waals surface area contributed by atoms with E-state index in [4.69, 9.17) is 18.9 Å². The van der Waals surface area contributed by atoms with Crippen molar-refractivity contribution in [3.8, 4) is 0 Å². The van der Waals surface area contributed by atoms with Gasteiger partial charge in [-0.1, -0.05) is 44.1 Å². The van der Waals surface area contributed by atoms with E-state index in [0.29, 0.717) is 6.42 Å². The lowest BCUT2D eigenvalue weighted by atomic mass is 9.46. The Kier molecular flexibility index (Phi) is 11.7. The van der Waals surface area contributed by atoms with Gasteiger partial charge in [-0.2, -0.15) is 0 Å². The first kappa shape index (κ1) is 35.8. The van der Waals surface area contributed by atoms with E-state index in [1.807, 2.05) is 13.0 Å². The summed E-state index contributed by atoms with van der Waals surface area (Å²) in [6, 6.07) is 0. The van der Waals surface area contributed by atoms with Crippen molar-refractivity contribution in [1.29, 1.82) is 0 Å². The van der Waals surface area contributed by atoms with Crippen molar-refractivity contribution in [2.45, 2.75) is 134 Å². The van der Waals surface area contributed by atoms with Gasteiger partial charge in [0.25, 0.3) is 0 Å². The van der Waals surface area contributed by atoms with Gasteiger partial charge in [-0.05, 0) is 68.6 Å². The van der Waals surface area contributed by atoms with Crippen molar-refractivity contribution < 1.29 is 59.8 Å². The molecule has 2 saturated carbocycles. The number of rotatable bonds is 10. The maximum Gasteiger partial charge on any atom is 0.186 e. The highest BCUT2D eigenvalue weighted by atomic mass is 16.7. The molecule has 0 aromatic rings. The highest BCUT2D eigenvalue weighted by molar-refractivity contribution is 5.19. The van der Waals surface area contributed by atoms with Crippen molar-refractivity contribution in [2.24, 2.45) is 22.7 Å². The minimum Gasteiger partial charge on any atom is -0.394 e. The molecule has 12 nitrogen and oxygen atoms in total. The molecule has 15 atom stereocenters. The molecule has 8 N–H and O–H groups in total. The van der Waals surface area contributed by atoms with Gasteiger partial charge >= 0.3 is 0 Å². The summed E-state index contributed by atoms with van der Waals surface area (Å²) in [4.78, 5) is 0. The molecule has 44 heavy (non-hydrogen) atoms. The van der Waals surface area contributed by atoms with E-state index in [1.54, 1.807) is 6.92 Å². The lowest BCUT2D eigenvalue weighted by molar-refractivity contribution is -0.310. The van der Waals surface area contributed by atoms with Crippen LogP contribution in [0.4, 0.5) is 0 Å². The summed E-state index contributed by atoms with van der Waals surface area (Å²) in [5.41, 5.74) is 1.34. The molecule has 0 aromatic heterocycles. The highest BCUT2D eigenvalue weighted by Crippen LogP contribution is 2.62. The summed E-state index contributed by atoms with van der Waals surface area (Å²) in [6.07, 6.45) is -6.42. The Morgan fingerprint density at radius 1 is 0.909 bits per heavy atom. The molecule has 4 fully saturated rings. The average molecular weight is 631 g/mol. The number of aliphatic hydroxyl groups excluding tert-OH is 8. The summed E-state index contributed by atoms with van der Waals surface area (Å²) in [7, 11) is 0. The number of hydrogen-bond acceptors (Lipinski definition) is 12. The third kappa shape index (κ3) is 7.12. The number of aliphatic hydroxyl groups is 8. The van der Waals surface area contributed by atoms with Crippen molar-refractivity contribution in [2.75, 3.05) is 19.8 Å². The number of allylic oxidation sites excluding steroid dienone is 1. The molecule has 0 aromatic carbocycles. The fourth-order valence-electron chi connectivity index (χ4n) is 8.35. The first-order chi connectivity index (χ1) is 20.6. The molecule has 2 heterocycles. The number of hydrogen-bond donors (Lipinski definition) is 8. The molecule has 0 radical (unpaired) electrons. The summed E-state index contributed by atoms with van der Waals surface area (Å²) >= 11 is 0. The summed E-state index contributed by atoms with van der Waals surface area (Å²) < 4.78 is 22.8. The molecule has 0 amide bonds. The van der Waals surface area contributed by atoms with E-state index in [1.165, 1.54) is 0 Å². The van der Waals surface area contributed by atoms with Gasteiger partial charge < -0.3 is 59.8 Å². The van der Waals surface area contributed by atoms with E-state index >= 15 is 0 Å². The Balaban J connectivity index is 1.39. The molecule has 2 saturated heterocycles. The van der Waals surface area contributed by atoms with Crippen LogP contribution in [0, 0.1) is 22.7 Å². The first-order valence-corrected chi connectivity index (χ1v) is 15.9. The van der Waals surface area contributed by atoms with Crippen LogP contribution in [0.15, 0.2) is 23.8 Å². The third-order valence-electron chi connectivity index (χ3n) is 10.8. The second-order valence-electron chi connectivity index (χ2n) is 14.1. The minimum absolute atomic E-state index is 0.132. The van der Waals surface area contributed by atoms with Gasteiger partial charge in [0.1, 0.15) is 42.7 Å². The molecule has 4 rings (SSSR count). The van der Waals surface area contributed by atoms with E-state index in [-0.39, 0.29) is 30.5 Å². The van der Waals surface area contributed by atoms with Gasteiger partial charge in [0.15, 0.2) is 12.6 Å². The fraction of sp³-hybridized carbons (Fsp3) is 0.875. The monoisotopic (exact) mass is 630 g/mol. The first-order valence-electron chi connectivity index (χ1n) is 15.9. The second-order valence-corrected chi connectivity index (χ2v) is 14.1. The van der Waals surface area contributed by atoms with Crippen LogP contribution >= 0.6 is 0 Å². The Morgan fingerprint density at radius 3 is 2.20 bits per heavy atom. The Hall–Kier alpha value is -1.00. The van der Waals surface area contributed by atoms with Crippen LogP contribution in [-0.2, 0) is 18.9 Å². The van der Waals surface area contributed by atoms with Crippen LogP contribution < -0.4 is 0 Å². The maximum atomic E-state index is 11.4. The van der Waals surface area contributed by atoms with Crippen LogP contribution in [0.1, 0.15) is 66.2 Å². The van der Waals surface area contributed by atoms with E-state index < -0.39 is 79.5 Å². The topological polar surface area (TPSA) is 199 Å². The quantitative estimate of drug-likeness (QED) is 0.152. The summed E-state index contributed by atoms with van der Waals surface area (Å²) in [5, 5.41) is 81.9. The lowest BCUT2D eigenvalue weighted by Gasteiger charge is -2.60. The SMILES string of the molecule is C=C1C[C@H](O)[C@H]2[C@](C)(CO[C@@H]3O[C@H](CO)[C@H](O)[C@H](O)[C@H]3O)CCC[C@]2(C)[C@H]1CC/C(C)=C/CO[C@@H]1O[C@@H](C)[C@H](O)[C@@H](O)[C@H]1O. The van der Waals surface area contributed by atoms with Crippen LogP contribution in [0.2, 0.25) is 0 Å². The Bertz CT molecular complexity index is 1010. The fourth-order valence-corrected chi connectivity index (χ4v) is 8.35. The summed E-state index contributed by atoms with van der Waals surface area (Å²) in [5.74, 6) is -0.00139. The molecule has 4 aliphatic rings. The van der Waals surface area contributed by atoms with Gasteiger partial charge in [0.05, 0.1) is 32.0 Å². The number of fused-ring (bicyclic) bond motifs is 1. The lowest BCUT2D eigenvalue weighted by Crippen LogP contribution is -2.61. The standard InChI is InChI=1S/C32H54O12/c1-16(9-12-41-29-26(39)24(37)22(35)18(3)43-29)7-8-19-17(2)13-20(34)28-31(4,10-6-11-32(19,28)5)15-42-30-27(40)25(38)23(36)21(14-33)44-30/h9,18-30,33-40H,2,6-8,10-15H2,1,3-5H3/b16-9+/t18-,19-,20-,21+,22-,23-,24+,25-,26+,27+,28-,29+,30+,31-,32+/m0/s1. The molecular formula is C32H54O12. The van der Waals surface area contributed by atoms with Crippen LogP contribution in [0.5, 0.6) is 0 Å². The molecule has 0 bridgehead atoms. The van der Waals surface area contributed by atoms with Gasteiger partial charge in [-0.15, -0.1) is 0 Å². The van der Waals surface area contributed by atoms with Crippen LogP contribution in [0.3, 0.4) is 0 Å². The number of ether oxygens (including phenoxy) is 4. The zero-order chi connectivity index (χ0) is 32.6. The largest absolute Gasteiger partial charge is 0.394 e. The molecule has 254 valence electrons. The molecule has 2 aliphatic carbocycles. The zero-order valence-electron chi connectivity index (χ0n) is 26.4. The van der Waals surface area contributed by atoms with Crippen molar-refractivity contribution in [3.05, 3.63) is 23.8 Å². The second kappa shape index (κ2) is 14.4. The van der Waals surface area contributed by atoms with E-state index in [9.17, 15) is 40.9 Å². The predicted octanol–water partition coefficient (Wildman–Crippen LogP) is 0.123. The average Bonchev–Trinajstić information content (AvgIpc) is 2.96. The zero-order valence-corrected chi connectivity index (χ0v) is 26.4. The third-order valence-corrected chi connectivity index (χ3v) is 10.8. The molecule has 0 spiro atoms. The van der Waals surface area contributed by atoms with Crippen LogP contribution in [-0.4, -0.2) is 128 Å². The Morgan fingerprint density at radius 2 is 1.55 bits per heavy atom. The molecule has 2 aliphatic heterocycles. The molecule has 12 heteroatoms. The van der Waals surface area contributed by atoms with Gasteiger partial charge in [-0.25, -0.2) is 0 Å². The maximum absolute atomic E-state index is 11.4. The van der Waals surface area contributed by atoms with Crippen molar-refractivity contribution in [3.63, 3.8) is 0 Å². The smallest absolute Gasteiger partial charge is 0.186 e. The van der Waals surface area contributed by atoms with Crippen molar-refractivity contribution >= 4 is 0 Å². The van der Waals surface area contributed by atoms with Gasteiger partial charge in [0.2, 0.25) is 0 Å². The highest BCUT2D eigenvalue weighted by Gasteiger charge is 2.58. The summed E-state index contributed by atoms with van der Waals surface area (Å²) in [6.45, 7) is 12.1. The molecular weight excluding hydrogens is 576 g/mol. The van der Waals surface area contributed by atoms with Gasteiger partial charge in [-0.3, -0.25) is 0 Å². The van der Waals surface area contributed by atoms with E-state index in [0.717, 1.165) is 43.3 Å². The van der Waals surface area contributed by atoms with Gasteiger partial charge in [0, 0.05) is 0 Å². The van der Waals surface area contributed by atoms with Crippen LogP contribution in [0.25, 0.3) is 0 Å².